The molecule has 0 amide bonds. The number of sulfonamides is 1. The number of hydrogen-bond acceptors (Lipinski definition) is 6. The third-order valence-corrected chi connectivity index (χ3v) is 3.68. The molecule has 104 valence electrons. The van der Waals surface area contributed by atoms with Crippen molar-refractivity contribution >= 4 is 16.0 Å². The zero-order valence-electron chi connectivity index (χ0n) is 10.5. The molecule has 1 unspecified atom stereocenters. The number of carbonyl (C=O) groups excluding carboxylic acids is 1. The number of esters is 1. The zero-order valence-corrected chi connectivity index (χ0v) is 11.3. The van der Waals surface area contributed by atoms with Crippen molar-refractivity contribution in [3.8, 4) is 6.07 Å². The Morgan fingerprint density at radius 3 is 2.95 bits per heavy atom. The maximum Gasteiger partial charge on any atom is 0.342 e. The fourth-order valence-corrected chi connectivity index (χ4v) is 2.67. The van der Waals surface area contributed by atoms with E-state index >= 15 is 0 Å². The van der Waals surface area contributed by atoms with E-state index in [1.54, 1.807) is 13.8 Å². The normalized spacial score (nSPS) is 12.7. The van der Waals surface area contributed by atoms with Gasteiger partial charge < -0.3 is 4.74 Å². The molecule has 0 fully saturated rings. The molecule has 1 rings (SSSR count). The SMILES string of the molecule is CCOC(=O)c1cn[nH]c1S(=O)(=O)NC(C)CC#N. The Labute approximate surface area is 110 Å². The molecule has 1 aromatic heterocycles. The second-order valence-electron chi connectivity index (χ2n) is 3.72. The number of ether oxygens (including phenoxy) is 1. The van der Waals surface area contributed by atoms with Crippen LogP contribution in [-0.2, 0) is 14.8 Å². The number of nitriles is 1. The van der Waals surface area contributed by atoms with Crippen LogP contribution in [0.1, 0.15) is 30.6 Å². The summed E-state index contributed by atoms with van der Waals surface area (Å²) in [5.74, 6) is -0.774. The van der Waals surface area contributed by atoms with Crippen LogP contribution in [0.5, 0.6) is 0 Å². The fourth-order valence-electron chi connectivity index (χ4n) is 1.34. The first-order chi connectivity index (χ1) is 8.92. The van der Waals surface area contributed by atoms with Crippen LogP contribution >= 0.6 is 0 Å². The van der Waals surface area contributed by atoms with Crippen molar-refractivity contribution in [2.24, 2.45) is 0 Å². The first-order valence-corrected chi connectivity index (χ1v) is 7.00. The number of aromatic nitrogens is 2. The van der Waals surface area contributed by atoms with Crippen LogP contribution in [0.25, 0.3) is 0 Å². The van der Waals surface area contributed by atoms with Crippen molar-refractivity contribution in [1.29, 1.82) is 5.26 Å². The summed E-state index contributed by atoms with van der Waals surface area (Å²) in [5.41, 5.74) is -0.168. The quantitative estimate of drug-likeness (QED) is 0.718. The van der Waals surface area contributed by atoms with Gasteiger partial charge in [-0.25, -0.2) is 17.9 Å². The molecule has 0 saturated carbocycles. The molecule has 2 N–H and O–H groups in total. The van der Waals surface area contributed by atoms with E-state index < -0.39 is 22.0 Å². The van der Waals surface area contributed by atoms with Crippen molar-refractivity contribution in [3.63, 3.8) is 0 Å². The van der Waals surface area contributed by atoms with E-state index in [0.717, 1.165) is 6.20 Å². The molecule has 0 bridgehead atoms. The Balaban J connectivity index is 3.00. The predicted octanol–water partition coefficient (Wildman–Crippen LogP) is 0.167. The molecule has 19 heavy (non-hydrogen) atoms. The molecule has 0 saturated heterocycles. The minimum absolute atomic E-state index is 0.0160. The first-order valence-electron chi connectivity index (χ1n) is 5.52. The van der Waals surface area contributed by atoms with Crippen LogP contribution in [0.4, 0.5) is 0 Å². The Morgan fingerprint density at radius 2 is 2.37 bits per heavy atom. The van der Waals surface area contributed by atoms with Gasteiger partial charge >= 0.3 is 5.97 Å². The molecule has 9 heteroatoms. The van der Waals surface area contributed by atoms with E-state index in [2.05, 4.69) is 14.9 Å². The van der Waals surface area contributed by atoms with Crippen molar-refractivity contribution in [2.45, 2.75) is 31.3 Å². The highest BCUT2D eigenvalue weighted by Crippen LogP contribution is 2.13. The van der Waals surface area contributed by atoms with Crippen molar-refractivity contribution < 1.29 is 17.9 Å². The van der Waals surface area contributed by atoms with Crippen LogP contribution in [-0.4, -0.2) is 37.2 Å². The summed E-state index contributed by atoms with van der Waals surface area (Å²) in [7, 11) is -3.95. The second kappa shape index (κ2) is 6.31. The zero-order chi connectivity index (χ0) is 14.5. The van der Waals surface area contributed by atoms with Gasteiger partial charge in [-0.3, -0.25) is 5.10 Å². The van der Waals surface area contributed by atoms with Crippen molar-refractivity contribution in [3.05, 3.63) is 11.8 Å². The van der Waals surface area contributed by atoms with Crippen molar-refractivity contribution in [2.75, 3.05) is 6.61 Å². The summed E-state index contributed by atoms with van der Waals surface area (Å²) in [4.78, 5) is 11.6. The van der Waals surface area contributed by atoms with Gasteiger partial charge in [0.25, 0.3) is 10.0 Å². The van der Waals surface area contributed by atoms with E-state index in [9.17, 15) is 13.2 Å². The van der Waals surface area contributed by atoms with E-state index in [1.165, 1.54) is 0 Å². The minimum atomic E-state index is -3.95. The summed E-state index contributed by atoms with van der Waals surface area (Å²) in [6.07, 6.45) is 1.10. The lowest BCUT2D eigenvalue weighted by Gasteiger charge is -2.10. The number of hydrogen-bond donors (Lipinski definition) is 2. The van der Waals surface area contributed by atoms with Gasteiger partial charge in [0.15, 0.2) is 5.03 Å². The molecular formula is C10H14N4O4S. The number of carbonyl (C=O) groups is 1. The second-order valence-corrected chi connectivity index (χ2v) is 5.37. The minimum Gasteiger partial charge on any atom is -0.462 e. The summed E-state index contributed by atoms with van der Waals surface area (Å²) in [6, 6.07) is 1.27. The largest absolute Gasteiger partial charge is 0.462 e. The summed E-state index contributed by atoms with van der Waals surface area (Å²) < 4.78 is 31.0. The van der Waals surface area contributed by atoms with Crippen LogP contribution in [0.3, 0.4) is 0 Å². The highest BCUT2D eigenvalue weighted by molar-refractivity contribution is 7.89. The van der Waals surface area contributed by atoms with Gasteiger partial charge in [0, 0.05) is 6.04 Å². The number of aromatic amines is 1. The smallest absolute Gasteiger partial charge is 0.342 e. The number of H-pyrrole nitrogens is 1. The van der Waals surface area contributed by atoms with Gasteiger partial charge in [-0.1, -0.05) is 0 Å². The fraction of sp³-hybridized carbons (Fsp3) is 0.500. The summed E-state index contributed by atoms with van der Waals surface area (Å²) >= 11 is 0. The molecule has 0 aliphatic heterocycles. The summed E-state index contributed by atoms with van der Waals surface area (Å²) in [6.45, 7) is 3.28. The molecule has 1 heterocycles. The number of nitrogens with zero attached hydrogens (tertiary/aromatic N) is 2. The third kappa shape index (κ3) is 3.77. The summed E-state index contributed by atoms with van der Waals surface area (Å²) in [5, 5.41) is 13.9. The molecule has 1 atom stereocenters. The predicted molar refractivity (Wildman–Crippen MR) is 64.6 cm³/mol. The van der Waals surface area contributed by atoms with Crippen LogP contribution in [0.2, 0.25) is 0 Å². The van der Waals surface area contributed by atoms with Crippen LogP contribution in [0.15, 0.2) is 11.2 Å². The standard InChI is InChI=1S/C10H14N4O4S/c1-3-18-10(15)8-6-12-13-9(8)19(16,17)14-7(2)4-5-11/h6-7,14H,3-4H2,1-2H3,(H,12,13). The molecular weight excluding hydrogens is 272 g/mol. The highest BCUT2D eigenvalue weighted by atomic mass is 32.2. The maximum absolute atomic E-state index is 12.0. The molecule has 1 aromatic rings. The van der Waals surface area contributed by atoms with Gasteiger partial charge in [0.1, 0.15) is 5.56 Å². The highest BCUT2D eigenvalue weighted by Gasteiger charge is 2.27. The number of rotatable bonds is 6. The molecule has 0 radical (unpaired) electrons. The molecule has 0 aliphatic rings. The van der Waals surface area contributed by atoms with Gasteiger partial charge in [-0.15, -0.1) is 0 Å². The topological polar surface area (TPSA) is 125 Å². The Bertz CT molecular complexity index is 587. The average Bonchev–Trinajstić information content (AvgIpc) is 2.78. The maximum atomic E-state index is 12.0. The van der Waals surface area contributed by atoms with Gasteiger partial charge in [-0.2, -0.15) is 10.4 Å². The number of nitrogens with one attached hydrogen (secondary N) is 2. The van der Waals surface area contributed by atoms with E-state index in [4.69, 9.17) is 10.00 Å². The molecule has 0 aliphatic carbocycles. The Hall–Kier alpha value is -1.92. The molecule has 0 aromatic carbocycles. The Morgan fingerprint density at radius 1 is 1.68 bits per heavy atom. The van der Waals surface area contributed by atoms with Crippen LogP contribution < -0.4 is 4.72 Å². The lowest BCUT2D eigenvalue weighted by Crippen LogP contribution is -2.33. The van der Waals surface area contributed by atoms with Crippen molar-refractivity contribution in [1.82, 2.24) is 14.9 Å². The first kappa shape index (κ1) is 15.1. The third-order valence-electron chi connectivity index (χ3n) is 2.12. The lowest BCUT2D eigenvalue weighted by atomic mass is 10.3. The van der Waals surface area contributed by atoms with E-state index in [1.807, 2.05) is 6.07 Å². The Kier molecular flexibility index (Phi) is 5.02. The van der Waals surface area contributed by atoms with E-state index in [-0.39, 0.29) is 23.6 Å². The van der Waals surface area contributed by atoms with Crippen LogP contribution in [0, 0.1) is 11.3 Å². The average molecular weight is 286 g/mol. The monoisotopic (exact) mass is 286 g/mol. The lowest BCUT2D eigenvalue weighted by molar-refractivity contribution is 0.0522. The van der Waals surface area contributed by atoms with Gasteiger partial charge in [0.05, 0.1) is 25.3 Å². The molecule has 0 spiro atoms. The van der Waals surface area contributed by atoms with Gasteiger partial charge in [-0.05, 0) is 13.8 Å². The van der Waals surface area contributed by atoms with E-state index in [0.29, 0.717) is 0 Å². The van der Waals surface area contributed by atoms with Gasteiger partial charge in [0.2, 0.25) is 0 Å². The molecule has 8 nitrogen and oxygen atoms in total.